The summed E-state index contributed by atoms with van der Waals surface area (Å²) < 4.78 is 16.3. The molecule has 0 aromatic heterocycles. The summed E-state index contributed by atoms with van der Waals surface area (Å²) in [6.45, 7) is 2.45. The molecule has 3 heteroatoms. The second kappa shape index (κ2) is 6.86. The summed E-state index contributed by atoms with van der Waals surface area (Å²) in [4.78, 5) is 0. The maximum atomic E-state index is 5.61. The smallest absolute Gasteiger partial charge is 0.107 e. The second-order valence-corrected chi connectivity index (χ2v) is 7.76. The third-order valence-electron chi connectivity index (χ3n) is 5.63. The highest BCUT2D eigenvalue weighted by atomic mass is 16.6. The van der Waals surface area contributed by atoms with Gasteiger partial charge in [-0.25, -0.2) is 0 Å². The van der Waals surface area contributed by atoms with Gasteiger partial charge in [-0.15, -0.1) is 0 Å². The van der Waals surface area contributed by atoms with Gasteiger partial charge in [-0.2, -0.15) is 0 Å². The maximum Gasteiger partial charge on any atom is 0.107 e. The van der Waals surface area contributed by atoms with E-state index in [1.807, 2.05) is 0 Å². The first kappa shape index (κ1) is 17.0. The van der Waals surface area contributed by atoms with Gasteiger partial charge in [0.05, 0.1) is 19.8 Å². The van der Waals surface area contributed by atoms with Crippen LogP contribution >= 0.6 is 0 Å². The first-order valence-corrected chi connectivity index (χ1v) is 10.0. The van der Waals surface area contributed by atoms with E-state index in [9.17, 15) is 0 Å². The number of hydrogen-bond acceptors (Lipinski definition) is 3. The van der Waals surface area contributed by atoms with E-state index in [4.69, 9.17) is 14.2 Å². The summed E-state index contributed by atoms with van der Waals surface area (Å²) in [5.41, 5.74) is 8.14. The Morgan fingerprint density at radius 1 is 0.586 bits per heavy atom. The van der Waals surface area contributed by atoms with Crippen molar-refractivity contribution in [3.63, 3.8) is 0 Å². The van der Waals surface area contributed by atoms with Crippen LogP contribution in [0.15, 0.2) is 66.7 Å². The molecule has 3 fully saturated rings. The fourth-order valence-electron chi connectivity index (χ4n) is 3.68. The molecule has 3 aliphatic heterocycles. The summed E-state index contributed by atoms with van der Waals surface area (Å²) in [7, 11) is 0. The molecule has 3 aromatic carbocycles. The molecule has 3 unspecified atom stereocenters. The molecule has 3 atom stereocenters. The molecule has 29 heavy (non-hydrogen) atoms. The molecular weight excluding hydrogens is 360 g/mol. The lowest BCUT2D eigenvalue weighted by Crippen LogP contribution is -1.91. The van der Waals surface area contributed by atoms with Crippen molar-refractivity contribution in [3.05, 3.63) is 94.5 Å². The van der Waals surface area contributed by atoms with Crippen LogP contribution in [0.3, 0.4) is 0 Å². The number of rotatable bonds is 4. The zero-order valence-corrected chi connectivity index (χ0v) is 15.9. The number of hydrogen-bond donors (Lipinski definition) is 0. The molecule has 0 saturated carbocycles. The Hall–Kier alpha value is -2.90. The van der Waals surface area contributed by atoms with Gasteiger partial charge in [-0.3, -0.25) is 0 Å². The topological polar surface area (TPSA) is 37.6 Å². The summed E-state index contributed by atoms with van der Waals surface area (Å²) >= 11 is 0. The van der Waals surface area contributed by atoms with Crippen molar-refractivity contribution in [3.8, 4) is 23.0 Å². The van der Waals surface area contributed by atoms with Crippen LogP contribution in [0.2, 0.25) is 0 Å². The van der Waals surface area contributed by atoms with Crippen molar-refractivity contribution in [2.24, 2.45) is 0 Å². The van der Waals surface area contributed by atoms with Crippen LogP contribution in [-0.4, -0.2) is 19.8 Å². The largest absolute Gasteiger partial charge is 0.368 e. The highest BCUT2D eigenvalue weighted by Gasteiger charge is 2.29. The quantitative estimate of drug-likeness (QED) is 0.474. The van der Waals surface area contributed by atoms with Crippen LogP contribution in [-0.2, 0) is 14.2 Å². The van der Waals surface area contributed by atoms with Crippen molar-refractivity contribution < 1.29 is 14.2 Å². The molecule has 3 aliphatic rings. The molecule has 0 N–H and O–H groups in total. The third-order valence-corrected chi connectivity index (χ3v) is 5.63. The van der Waals surface area contributed by atoms with E-state index in [-0.39, 0.29) is 12.2 Å². The van der Waals surface area contributed by atoms with E-state index >= 15 is 0 Å². The van der Waals surface area contributed by atoms with Gasteiger partial charge in [0.1, 0.15) is 18.3 Å². The lowest BCUT2D eigenvalue weighted by atomic mass is 9.95. The van der Waals surface area contributed by atoms with E-state index in [1.54, 1.807) is 0 Å². The van der Waals surface area contributed by atoms with Crippen molar-refractivity contribution in [1.82, 2.24) is 0 Å². The van der Waals surface area contributed by atoms with Gasteiger partial charge in [-0.05, 0) is 52.1 Å². The molecule has 0 aliphatic carbocycles. The van der Waals surface area contributed by atoms with E-state index < -0.39 is 0 Å². The normalized spacial score (nSPS) is 23.8. The summed E-state index contributed by atoms with van der Waals surface area (Å²) in [6.07, 6.45) is 0.756. The Bertz CT molecular complexity index is 1110. The van der Waals surface area contributed by atoms with Gasteiger partial charge in [0.2, 0.25) is 0 Å². The van der Waals surface area contributed by atoms with Crippen molar-refractivity contribution in [2.45, 2.75) is 18.3 Å². The van der Waals surface area contributed by atoms with Crippen LogP contribution in [0, 0.1) is 11.8 Å². The van der Waals surface area contributed by atoms with Crippen LogP contribution in [0.1, 0.15) is 46.1 Å². The predicted octanol–water partition coefficient (Wildman–Crippen LogP) is 4.97. The van der Waals surface area contributed by atoms with Crippen molar-refractivity contribution >= 4 is 0 Å². The standard InChI is InChI=1S/C26H20O3/c1(17-3-6-20(7-4-17)24-14-27-24)2-18-5-12-22(23(13-18)26-16-29-26)19-8-10-21(11-9-19)25-15-28-25/h3-13,24-26H,14-16H2. The first-order chi connectivity index (χ1) is 14.3. The van der Waals surface area contributed by atoms with Gasteiger partial charge < -0.3 is 14.2 Å². The second-order valence-electron chi connectivity index (χ2n) is 7.76. The fourth-order valence-corrected chi connectivity index (χ4v) is 3.68. The van der Waals surface area contributed by atoms with E-state index in [0.29, 0.717) is 6.10 Å². The minimum Gasteiger partial charge on any atom is -0.368 e. The molecule has 0 spiro atoms. The van der Waals surface area contributed by atoms with Gasteiger partial charge in [-0.1, -0.05) is 54.3 Å². The SMILES string of the molecule is C(#Cc1ccc(-c2ccc(C3CO3)cc2)c(C2CO2)c1)c1ccc(C2CO2)cc1. The average Bonchev–Trinajstić information content (AvgIpc) is 3.63. The minimum atomic E-state index is 0.177. The van der Waals surface area contributed by atoms with Crippen molar-refractivity contribution in [2.75, 3.05) is 19.8 Å². The first-order valence-electron chi connectivity index (χ1n) is 10.0. The van der Waals surface area contributed by atoms with Crippen LogP contribution < -0.4 is 0 Å². The number of benzene rings is 3. The van der Waals surface area contributed by atoms with Crippen molar-refractivity contribution in [1.29, 1.82) is 0 Å². The summed E-state index contributed by atoms with van der Waals surface area (Å²) in [5.74, 6) is 6.58. The van der Waals surface area contributed by atoms with Gasteiger partial charge in [0.15, 0.2) is 0 Å². The predicted molar refractivity (Wildman–Crippen MR) is 110 cm³/mol. The summed E-state index contributed by atoms with van der Waals surface area (Å²) in [5, 5.41) is 0. The lowest BCUT2D eigenvalue weighted by Gasteiger charge is -2.09. The molecule has 0 radical (unpaired) electrons. The molecule has 3 saturated heterocycles. The molecule has 3 heterocycles. The number of epoxide rings is 3. The molecule has 3 nitrogen and oxygen atoms in total. The molecule has 142 valence electrons. The Balaban J connectivity index is 1.27. The van der Waals surface area contributed by atoms with Crippen LogP contribution in [0.5, 0.6) is 0 Å². The van der Waals surface area contributed by atoms with E-state index in [0.717, 1.165) is 30.9 Å². The fraction of sp³-hybridized carbons (Fsp3) is 0.231. The zero-order valence-electron chi connectivity index (χ0n) is 15.9. The molecular formula is C26H20O3. The molecule has 0 bridgehead atoms. The van der Waals surface area contributed by atoms with Crippen LogP contribution in [0.25, 0.3) is 11.1 Å². The van der Waals surface area contributed by atoms with Gasteiger partial charge in [0.25, 0.3) is 0 Å². The molecule has 0 amide bonds. The maximum absolute atomic E-state index is 5.61. The highest BCUT2D eigenvalue weighted by Crippen LogP contribution is 2.38. The van der Waals surface area contributed by atoms with Gasteiger partial charge in [0, 0.05) is 11.1 Å². The lowest BCUT2D eigenvalue weighted by molar-refractivity contribution is 0.415. The van der Waals surface area contributed by atoms with E-state index in [1.165, 1.54) is 27.8 Å². The monoisotopic (exact) mass is 380 g/mol. The Labute approximate surface area is 170 Å². The Morgan fingerprint density at radius 3 is 1.69 bits per heavy atom. The minimum absolute atomic E-state index is 0.177. The molecule has 6 rings (SSSR count). The molecule has 3 aromatic rings. The zero-order chi connectivity index (χ0) is 19.2. The summed E-state index contributed by atoms with van der Waals surface area (Å²) in [6, 6.07) is 23.4. The number of ether oxygens (including phenoxy) is 3. The van der Waals surface area contributed by atoms with E-state index in [2.05, 4.69) is 78.6 Å². The highest BCUT2D eigenvalue weighted by molar-refractivity contribution is 5.70. The average molecular weight is 380 g/mol. The van der Waals surface area contributed by atoms with Crippen LogP contribution in [0.4, 0.5) is 0 Å². The third kappa shape index (κ3) is 3.71. The Morgan fingerprint density at radius 2 is 1.10 bits per heavy atom. The Kier molecular flexibility index (Phi) is 4.02. The van der Waals surface area contributed by atoms with Gasteiger partial charge >= 0.3 is 0 Å².